The Morgan fingerprint density at radius 2 is 2.12 bits per heavy atom. The highest BCUT2D eigenvalue weighted by Gasteiger charge is 2.16. The van der Waals surface area contributed by atoms with Gasteiger partial charge >= 0.3 is 5.91 Å². The summed E-state index contributed by atoms with van der Waals surface area (Å²) in [5.74, 6) is -0.488. The van der Waals surface area contributed by atoms with Gasteiger partial charge in [-0.2, -0.15) is 0 Å². The molecule has 0 bridgehead atoms. The van der Waals surface area contributed by atoms with Gasteiger partial charge in [0.25, 0.3) is 5.91 Å². The van der Waals surface area contributed by atoms with Gasteiger partial charge in [0.1, 0.15) is 0 Å². The molecule has 0 fully saturated rings. The average molecular weight is 239 g/mol. The van der Waals surface area contributed by atoms with Crippen molar-refractivity contribution in [1.29, 1.82) is 0 Å². The van der Waals surface area contributed by atoms with Gasteiger partial charge in [0.05, 0.1) is 12.3 Å². The Labute approximate surface area is 99.5 Å². The van der Waals surface area contributed by atoms with Crippen molar-refractivity contribution in [2.75, 3.05) is 0 Å². The molecule has 0 aliphatic carbocycles. The maximum absolute atomic E-state index is 11.5. The van der Waals surface area contributed by atoms with Crippen LogP contribution in [0.5, 0.6) is 0 Å². The summed E-state index contributed by atoms with van der Waals surface area (Å²) in [5.41, 5.74) is 10.1. The van der Waals surface area contributed by atoms with E-state index in [1.807, 2.05) is 13.8 Å². The van der Waals surface area contributed by atoms with Crippen molar-refractivity contribution in [1.82, 2.24) is 10.9 Å². The molecule has 2 amide bonds. The lowest BCUT2D eigenvalue weighted by Crippen LogP contribution is -2.49. The summed E-state index contributed by atoms with van der Waals surface area (Å²) in [5, 5.41) is 0. The Hall–Kier alpha value is -1.82. The van der Waals surface area contributed by atoms with Crippen LogP contribution in [0.15, 0.2) is 22.8 Å². The molecule has 0 aliphatic heterocycles. The van der Waals surface area contributed by atoms with E-state index in [-0.39, 0.29) is 5.76 Å². The zero-order valence-corrected chi connectivity index (χ0v) is 9.90. The number of nitrogens with two attached hydrogens (primary N) is 1. The van der Waals surface area contributed by atoms with E-state index in [9.17, 15) is 9.59 Å². The third kappa shape index (κ3) is 4.28. The molecule has 1 heterocycles. The minimum absolute atomic E-state index is 0.128. The SMILES string of the molecule is CC(C)CC(N)C(=O)NNC(=O)c1ccco1. The van der Waals surface area contributed by atoms with Crippen molar-refractivity contribution in [3.05, 3.63) is 24.2 Å². The molecule has 6 heteroatoms. The monoisotopic (exact) mass is 239 g/mol. The summed E-state index contributed by atoms with van der Waals surface area (Å²) >= 11 is 0. The van der Waals surface area contributed by atoms with E-state index in [2.05, 4.69) is 10.9 Å². The van der Waals surface area contributed by atoms with E-state index in [1.165, 1.54) is 12.3 Å². The van der Waals surface area contributed by atoms with E-state index in [0.717, 1.165) is 0 Å². The van der Waals surface area contributed by atoms with Crippen LogP contribution < -0.4 is 16.6 Å². The molecule has 4 N–H and O–H groups in total. The zero-order valence-electron chi connectivity index (χ0n) is 9.90. The Morgan fingerprint density at radius 1 is 1.41 bits per heavy atom. The lowest BCUT2D eigenvalue weighted by Gasteiger charge is -2.14. The van der Waals surface area contributed by atoms with Crippen molar-refractivity contribution >= 4 is 11.8 Å². The lowest BCUT2D eigenvalue weighted by atomic mass is 10.0. The number of carbonyl (C=O) groups excluding carboxylic acids is 2. The molecule has 6 nitrogen and oxygen atoms in total. The van der Waals surface area contributed by atoms with Gasteiger partial charge in [0.15, 0.2) is 5.76 Å². The van der Waals surface area contributed by atoms with Gasteiger partial charge in [0, 0.05) is 0 Å². The Balaban J connectivity index is 2.35. The smallest absolute Gasteiger partial charge is 0.305 e. The van der Waals surface area contributed by atoms with Crippen LogP contribution in [-0.2, 0) is 4.79 Å². The third-order valence-electron chi connectivity index (χ3n) is 2.11. The first-order valence-electron chi connectivity index (χ1n) is 5.40. The molecule has 0 radical (unpaired) electrons. The number of hydrazine groups is 1. The highest BCUT2D eigenvalue weighted by Crippen LogP contribution is 2.02. The Kier molecular flexibility index (Phi) is 4.71. The highest BCUT2D eigenvalue weighted by atomic mass is 16.3. The zero-order chi connectivity index (χ0) is 12.8. The fraction of sp³-hybridized carbons (Fsp3) is 0.455. The van der Waals surface area contributed by atoms with Gasteiger partial charge < -0.3 is 10.2 Å². The number of carbonyl (C=O) groups is 2. The van der Waals surface area contributed by atoms with Gasteiger partial charge in [-0.15, -0.1) is 0 Å². The molecule has 1 atom stereocenters. The minimum Gasteiger partial charge on any atom is -0.459 e. The van der Waals surface area contributed by atoms with Crippen LogP contribution in [0.1, 0.15) is 30.8 Å². The number of hydrogen-bond acceptors (Lipinski definition) is 4. The molecular weight excluding hydrogens is 222 g/mol. The summed E-state index contributed by atoms with van der Waals surface area (Å²) < 4.78 is 4.86. The van der Waals surface area contributed by atoms with Crippen molar-refractivity contribution in [3.63, 3.8) is 0 Å². The molecule has 0 saturated heterocycles. The fourth-order valence-electron chi connectivity index (χ4n) is 1.30. The first-order valence-corrected chi connectivity index (χ1v) is 5.40. The second kappa shape index (κ2) is 6.05. The molecule has 94 valence electrons. The quantitative estimate of drug-likeness (QED) is 0.663. The van der Waals surface area contributed by atoms with Crippen molar-refractivity contribution in [2.45, 2.75) is 26.3 Å². The normalized spacial score (nSPS) is 12.2. The number of amides is 2. The number of hydrogen-bond donors (Lipinski definition) is 3. The summed E-state index contributed by atoms with van der Waals surface area (Å²) in [6.07, 6.45) is 1.93. The molecular formula is C11H17N3O3. The first kappa shape index (κ1) is 13.2. The maximum atomic E-state index is 11.5. The predicted octanol–water partition coefficient (Wildman–Crippen LogP) is 0.414. The summed E-state index contributed by atoms with van der Waals surface area (Å²) in [4.78, 5) is 22.9. The summed E-state index contributed by atoms with van der Waals surface area (Å²) in [6.45, 7) is 3.93. The number of furan rings is 1. The fourth-order valence-corrected chi connectivity index (χ4v) is 1.30. The maximum Gasteiger partial charge on any atom is 0.305 e. The van der Waals surface area contributed by atoms with Crippen LogP contribution in [0.3, 0.4) is 0 Å². The van der Waals surface area contributed by atoms with Gasteiger partial charge in [-0.25, -0.2) is 0 Å². The molecule has 0 saturated carbocycles. The second-order valence-corrected chi connectivity index (χ2v) is 4.16. The Morgan fingerprint density at radius 3 is 2.65 bits per heavy atom. The van der Waals surface area contributed by atoms with Crippen LogP contribution in [-0.4, -0.2) is 17.9 Å². The predicted molar refractivity (Wildman–Crippen MR) is 61.7 cm³/mol. The van der Waals surface area contributed by atoms with E-state index in [4.69, 9.17) is 10.2 Å². The van der Waals surface area contributed by atoms with E-state index in [1.54, 1.807) is 6.07 Å². The molecule has 1 rings (SSSR count). The highest BCUT2D eigenvalue weighted by molar-refractivity contribution is 5.93. The molecule has 0 aliphatic rings. The Bertz CT molecular complexity index is 373. The van der Waals surface area contributed by atoms with Crippen LogP contribution >= 0.6 is 0 Å². The van der Waals surface area contributed by atoms with Gasteiger partial charge in [0.2, 0.25) is 0 Å². The van der Waals surface area contributed by atoms with Gasteiger partial charge in [-0.1, -0.05) is 13.8 Å². The van der Waals surface area contributed by atoms with Gasteiger partial charge in [-0.3, -0.25) is 20.4 Å². The van der Waals surface area contributed by atoms with Gasteiger partial charge in [-0.05, 0) is 24.5 Å². The molecule has 0 spiro atoms. The van der Waals surface area contributed by atoms with Crippen LogP contribution in [0.25, 0.3) is 0 Å². The number of nitrogens with one attached hydrogen (secondary N) is 2. The topological polar surface area (TPSA) is 97.4 Å². The average Bonchev–Trinajstić information content (AvgIpc) is 2.77. The van der Waals surface area contributed by atoms with E-state index >= 15 is 0 Å². The van der Waals surface area contributed by atoms with E-state index < -0.39 is 17.9 Å². The molecule has 17 heavy (non-hydrogen) atoms. The largest absolute Gasteiger partial charge is 0.459 e. The standard InChI is InChI=1S/C11H17N3O3/c1-7(2)6-8(12)10(15)13-14-11(16)9-4-3-5-17-9/h3-5,7-8H,6,12H2,1-2H3,(H,13,15)(H,14,16). The minimum atomic E-state index is -0.632. The van der Waals surface area contributed by atoms with E-state index in [0.29, 0.717) is 12.3 Å². The van der Waals surface area contributed by atoms with Crippen molar-refractivity contribution in [3.8, 4) is 0 Å². The summed E-state index contributed by atoms with van der Waals surface area (Å²) in [6, 6.07) is 2.45. The van der Waals surface area contributed by atoms with Crippen LogP contribution in [0.4, 0.5) is 0 Å². The molecule has 1 unspecified atom stereocenters. The third-order valence-corrected chi connectivity index (χ3v) is 2.11. The number of rotatable bonds is 4. The lowest BCUT2D eigenvalue weighted by molar-refractivity contribution is -0.123. The first-order chi connectivity index (χ1) is 8.00. The molecule has 1 aromatic rings. The molecule has 0 aromatic carbocycles. The molecule has 1 aromatic heterocycles. The van der Waals surface area contributed by atoms with Crippen LogP contribution in [0, 0.1) is 5.92 Å². The van der Waals surface area contributed by atoms with Crippen LogP contribution in [0.2, 0.25) is 0 Å². The summed E-state index contributed by atoms with van der Waals surface area (Å²) in [7, 11) is 0. The second-order valence-electron chi connectivity index (χ2n) is 4.16. The van der Waals surface area contributed by atoms with Crippen molar-refractivity contribution < 1.29 is 14.0 Å². The van der Waals surface area contributed by atoms with Crippen molar-refractivity contribution in [2.24, 2.45) is 11.7 Å².